The molecule has 0 atom stereocenters. The number of carbonyl (C=O) groups excluding carboxylic acids is 1. The van der Waals surface area contributed by atoms with E-state index in [0.29, 0.717) is 35.1 Å². The Morgan fingerprint density at radius 1 is 1.07 bits per heavy atom. The van der Waals surface area contributed by atoms with E-state index in [1.165, 1.54) is 19.0 Å². The van der Waals surface area contributed by atoms with Crippen LogP contribution in [0.3, 0.4) is 0 Å². The molecule has 0 saturated carbocycles. The molecule has 0 fully saturated rings. The number of esters is 1. The average Bonchev–Trinajstić information content (AvgIpc) is 2.69. The second-order valence-corrected chi connectivity index (χ2v) is 5.99. The van der Waals surface area contributed by atoms with Crippen LogP contribution in [-0.4, -0.2) is 23.0 Å². The molecule has 138 valence electrons. The number of aryl methyl sites for hydroxylation is 1. The number of carbonyl (C=O) groups is 1. The fourth-order valence-electron chi connectivity index (χ4n) is 2.54. The summed E-state index contributed by atoms with van der Waals surface area (Å²) in [5, 5.41) is 6.30. The van der Waals surface area contributed by atoms with Crippen LogP contribution in [0.15, 0.2) is 54.9 Å². The lowest BCUT2D eigenvalue weighted by Crippen LogP contribution is -2.10. The van der Waals surface area contributed by atoms with Gasteiger partial charge in [0.05, 0.1) is 18.4 Å². The van der Waals surface area contributed by atoms with Gasteiger partial charge in [-0.15, -0.1) is 0 Å². The Bertz CT molecular complexity index is 941. The summed E-state index contributed by atoms with van der Waals surface area (Å²) in [5.41, 5.74) is 9.85. The van der Waals surface area contributed by atoms with E-state index >= 15 is 0 Å². The lowest BCUT2D eigenvalue weighted by molar-refractivity contribution is 0.0602. The number of hydrogen-bond acceptors (Lipinski definition) is 7. The minimum absolute atomic E-state index is 0.365. The highest BCUT2D eigenvalue weighted by molar-refractivity contribution is 5.97. The van der Waals surface area contributed by atoms with E-state index in [-0.39, 0.29) is 0 Å². The number of aromatic nitrogens is 2. The first-order valence-corrected chi connectivity index (χ1v) is 8.42. The van der Waals surface area contributed by atoms with E-state index in [2.05, 4.69) is 32.7 Å². The smallest absolute Gasteiger partial charge is 0.339 e. The van der Waals surface area contributed by atoms with Gasteiger partial charge in [-0.2, -0.15) is 0 Å². The number of nitrogens with zero attached hydrogens (tertiary/aromatic N) is 2. The van der Waals surface area contributed by atoms with E-state index in [0.717, 1.165) is 5.56 Å². The number of benzene rings is 2. The maximum Gasteiger partial charge on any atom is 0.339 e. The Hall–Kier alpha value is -3.61. The molecule has 3 aromatic rings. The normalized spacial score (nSPS) is 10.3. The number of nitrogens with two attached hydrogens (primary N) is 1. The summed E-state index contributed by atoms with van der Waals surface area (Å²) in [6.45, 7) is 2.63. The van der Waals surface area contributed by atoms with Crippen molar-refractivity contribution in [1.29, 1.82) is 0 Å². The maximum absolute atomic E-state index is 11.9. The molecule has 4 N–H and O–H groups in total. The van der Waals surface area contributed by atoms with Gasteiger partial charge in [-0.05, 0) is 24.6 Å². The fraction of sp³-hybridized carbons (Fsp3) is 0.150. The molecule has 1 aromatic heterocycles. The molecule has 0 unspecified atom stereocenters. The highest BCUT2D eigenvalue weighted by atomic mass is 16.5. The van der Waals surface area contributed by atoms with Gasteiger partial charge in [-0.1, -0.05) is 42.0 Å². The van der Waals surface area contributed by atoms with Gasteiger partial charge in [-0.3, -0.25) is 0 Å². The molecule has 2 aromatic carbocycles. The second kappa shape index (κ2) is 8.18. The highest BCUT2D eigenvalue weighted by Crippen LogP contribution is 2.28. The molecule has 0 amide bonds. The van der Waals surface area contributed by atoms with Crippen molar-refractivity contribution in [1.82, 2.24) is 9.97 Å². The van der Waals surface area contributed by atoms with Crippen LogP contribution in [-0.2, 0) is 11.3 Å². The zero-order valence-electron chi connectivity index (χ0n) is 15.2. The molecule has 0 saturated heterocycles. The number of rotatable bonds is 6. The van der Waals surface area contributed by atoms with Crippen LogP contribution in [0.5, 0.6) is 0 Å². The number of para-hydroxylation sites is 1. The van der Waals surface area contributed by atoms with Gasteiger partial charge >= 0.3 is 5.97 Å². The lowest BCUT2D eigenvalue weighted by atomic mass is 10.1. The number of nitrogen functional groups attached to an aromatic ring is 1. The van der Waals surface area contributed by atoms with Crippen LogP contribution in [0, 0.1) is 6.92 Å². The quantitative estimate of drug-likeness (QED) is 0.576. The van der Waals surface area contributed by atoms with Crippen LogP contribution in [0.4, 0.5) is 23.0 Å². The lowest BCUT2D eigenvalue weighted by Gasteiger charge is -2.14. The van der Waals surface area contributed by atoms with Crippen molar-refractivity contribution in [3.05, 3.63) is 71.5 Å². The SMILES string of the molecule is COC(=O)c1ccccc1Nc1ncnc(NCc2ccc(C)cc2)c1N. The number of nitrogens with one attached hydrogen (secondary N) is 2. The standard InChI is InChI=1S/C20H21N5O2/c1-13-7-9-14(10-8-13)11-22-18-17(21)19(24-12-23-18)25-16-6-4-3-5-15(16)20(26)27-2/h3-10,12H,11,21H2,1-2H3,(H2,22,23,24,25). The van der Waals surface area contributed by atoms with Crippen molar-refractivity contribution in [2.75, 3.05) is 23.5 Å². The Labute approximate surface area is 157 Å². The molecule has 0 bridgehead atoms. The summed E-state index contributed by atoms with van der Waals surface area (Å²) in [4.78, 5) is 20.3. The first kappa shape index (κ1) is 18.2. The van der Waals surface area contributed by atoms with Gasteiger partial charge in [0.25, 0.3) is 0 Å². The van der Waals surface area contributed by atoms with Crippen molar-refractivity contribution in [2.45, 2.75) is 13.5 Å². The largest absolute Gasteiger partial charge is 0.465 e. The molecule has 7 heteroatoms. The number of anilines is 4. The highest BCUT2D eigenvalue weighted by Gasteiger charge is 2.14. The topological polar surface area (TPSA) is 102 Å². The third-order valence-corrected chi connectivity index (χ3v) is 4.05. The molecule has 27 heavy (non-hydrogen) atoms. The van der Waals surface area contributed by atoms with Gasteiger partial charge in [0.2, 0.25) is 0 Å². The molecule has 0 aliphatic carbocycles. The van der Waals surface area contributed by atoms with Crippen LogP contribution in [0.25, 0.3) is 0 Å². The third-order valence-electron chi connectivity index (χ3n) is 4.05. The molecular formula is C20H21N5O2. The van der Waals surface area contributed by atoms with E-state index in [9.17, 15) is 4.79 Å². The van der Waals surface area contributed by atoms with Gasteiger partial charge in [-0.25, -0.2) is 14.8 Å². The molecule has 3 rings (SSSR count). The van der Waals surface area contributed by atoms with Gasteiger partial charge < -0.3 is 21.1 Å². The van der Waals surface area contributed by atoms with Gasteiger partial charge in [0.1, 0.15) is 12.0 Å². The van der Waals surface area contributed by atoms with Crippen molar-refractivity contribution in [3.8, 4) is 0 Å². The molecule has 0 aliphatic heterocycles. The van der Waals surface area contributed by atoms with Crippen molar-refractivity contribution in [2.24, 2.45) is 0 Å². The Morgan fingerprint density at radius 3 is 2.52 bits per heavy atom. The predicted octanol–water partition coefficient (Wildman–Crippen LogP) is 3.51. The number of methoxy groups -OCH3 is 1. The van der Waals surface area contributed by atoms with Gasteiger partial charge in [0.15, 0.2) is 11.6 Å². The fourth-order valence-corrected chi connectivity index (χ4v) is 2.54. The third kappa shape index (κ3) is 4.33. The summed E-state index contributed by atoms with van der Waals surface area (Å²) < 4.78 is 4.81. The summed E-state index contributed by atoms with van der Waals surface area (Å²) in [5.74, 6) is 0.486. The molecule has 0 radical (unpaired) electrons. The summed E-state index contributed by atoms with van der Waals surface area (Å²) >= 11 is 0. The minimum atomic E-state index is -0.441. The molecular weight excluding hydrogens is 342 g/mol. The Balaban J connectivity index is 1.79. The number of ether oxygens (including phenoxy) is 1. The molecule has 0 aliphatic rings. The second-order valence-electron chi connectivity index (χ2n) is 5.99. The number of hydrogen-bond donors (Lipinski definition) is 3. The van der Waals surface area contributed by atoms with Crippen molar-refractivity contribution >= 4 is 29.0 Å². The molecule has 0 spiro atoms. The maximum atomic E-state index is 11.9. The zero-order chi connectivity index (χ0) is 19.2. The first-order valence-electron chi connectivity index (χ1n) is 8.42. The van der Waals surface area contributed by atoms with Gasteiger partial charge in [0, 0.05) is 6.54 Å². The van der Waals surface area contributed by atoms with E-state index in [4.69, 9.17) is 10.5 Å². The molecule has 7 nitrogen and oxygen atoms in total. The summed E-state index contributed by atoms with van der Waals surface area (Å²) in [7, 11) is 1.34. The Kier molecular flexibility index (Phi) is 5.51. The van der Waals surface area contributed by atoms with Crippen LogP contribution in [0.1, 0.15) is 21.5 Å². The van der Waals surface area contributed by atoms with E-state index < -0.39 is 5.97 Å². The van der Waals surface area contributed by atoms with E-state index in [1.807, 2.05) is 25.1 Å². The van der Waals surface area contributed by atoms with Crippen molar-refractivity contribution in [3.63, 3.8) is 0 Å². The van der Waals surface area contributed by atoms with Crippen molar-refractivity contribution < 1.29 is 9.53 Å². The molecule has 1 heterocycles. The van der Waals surface area contributed by atoms with Crippen LogP contribution in [0.2, 0.25) is 0 Å². The minimum Gasteiger partial charge on any atom is -0.465 e. The van der Waals surface area contributed by atoms with E-state index in [1.54, 1.807) is 18.2 Å². The summed E-state index contributed by atoms with van der Waals surface area (Å²) in [6, 6.07) is 15.2. The first-order chi connectivity index (χ1) is 13.1. The summed E-state index contributed by atoms with van der Waals surface area (Å²) in [6.07, 6.45) is 1.41. The average molecular weight is 363 g/mol. The van der Waals surface area contributed by atoms with Crippen LogP contribution >= 0.6 is 0 Å². The zero-order valence-corrected chi connectivity index (χ0v) is 15.2. The predicted molar refractivity (Wildman–Crippen MR) is 106 cm³/mol. The van der Waals surface area contributed by atoms with Crippen LogP contribution < -0.4 is 16.4 Å². The monoisotopic (exact) mass is 363 g/mol. The Morgan fingerprint density at radius 2 is 1.78 bits per heavy atom.